The maximum atomic E-state index is 12.7. The number of nitrogens with one attached hydrogen (secondary N) is 1. The number of nitrogens with zero attached hydrogens (tertiary/aromatic N) is 3. The number of rotatable bonds is 3. The molecule has 0 unspecified atom stereocenters. The van der Waals surface area contributed by atoms with Gasteiger partial charge in [-0.3, -0.25) is 19.7 Å². The third-order valence-corrected chi connectivity index (χ3v) is 3.75. The average molecular weight is 294 g/mol. The molecule has 114 valence electrons. The molecular weight excluding hydrogens is 276 g/mol. The van der Waals surface area contributed by atoms with Gasteiger partial charge < -0.3 is 14.8 Å². The van der Waals surface area contributed by atoms with Crippen molar-refractivity contribution in [3.8, 4) is 0 Å². The number of amides is 2. The van der Waals surface area contributed by atoms with E-state index in [1.165, 1.54) is 21.7 Å². The van der Waals surface area contributed by atoms with Crippen molar-refractivity contribution in [3.05, 3.63) is 28.1 Å². The zero-order valence-electron chi connectivity index (χ0n) is 12.3. The fourth-order valence-corrected chi connectivity index (χ4v) is 2.43. The Labute approximate surface area is 121 Å². The lowest BCUT2D eigenvalue weighted by atomic mass is 9.98. The number of hydrogen-bond donors (Lipinski definition) is 1. The molecule has 8 heteroatoms. The van der Waals surface area contributed by atoms with Crippen LogP contribution in [0, 0.1) is 10.1 Å². The van der Waals surface area contributed by atoms with Crippen LogP contribution in [0.25, 0.3) is 0 Å². The fraction of sp³-hybridized carbons (Fsp3) is 0.538. The van der Waals surface area contributed by atoms with E-state index in [0.717, 1.165) is 0 Å². The summed E-state index contributed by atoms with van der Waals surface area (Å²) in [5.74, 6) is -0.601. The summed E-state index contributed by atoms with van der Waals surface area (Å²) in [4.78, 5) is 36.4. The van der Waals surface area contributed by atoms with Crippen LogP contribution in [0.5, 0.6) is 0 Å². The molecule has 1 aromatic rings. The molecule has 0 saturated carbocycles. The molecule has 0 spiro atoms. The summed E-state index contributed by atoms with van der Waals surface area (Å²) in [5.41, 5.74) is -0.876. The molecule has 0 radical (unpaired) electrons. The second-order valence-electron chi connectivity index (χ2n) is 5.40. The first kappa shape index (κ1) is 15.0. The van der Waals surface area contributed by atoms with Crippen molar-refractivity contribution in [2.45, 2.75) is 32.9 Å². The Hall–Kier alpha value is -2.38. The molecule has 2 amide bonds. The normalized spacial score (nSPS) is 17.5. The molecule has 1 N–H and O–H groups in total. The summed E-state index contributed by atoms with van der Waals surface area (Å²) >= 11 is 0. The number of aromatic nitrogens is 1. The van der Waals surface area contributed by atoms with Gasteiger partial charge >= 0.3 is 0 Å². The molecule has 0 bridgehead atoms. The van der Waals surface area contributed by atoms with E-state index in [4.69, 9.17) is 0 Å². The van der Waals surface area contributed by atoms with Gasteiger partial charge in [0.15, 0.2) is 0 Å². The van der Waals surface area contributed by atoms with Crippen LogP contribution < -0.4 is 5.32 Å². The first-order valence-electron chi connectivity index (χ1n) is 6.74. The highest BCUT2D eigenvalue weighted by Crippen LogP contribution is 2.24. The largest absolute Gasteiger partial charge is 0.352 e. The molecular formula is C13H18N4O4. The zero-order valence-corrected chi connectivity index (χ0v) is 12.3. The van der Waals surface area contributed by atoms with Crippen molar-refractivity contribution < 1.29 is 14.5 Å². The van der Waals surface area contributed by atoms with Crippen molar-refractivity contribution in [2.24, 2.45) is 0 Å². The van der Waals surface area contributed by atoms with E-state index in [9.17, 15) is 19.7 Å². The van der Waals surface area contributed by atoms with Crippen LogP contribution in [0.15, 0.2) is 12.3 Å². The Morgan fingerprint density at radius 2 is 2.19 bits per heavy atom. The summed E-state index contributed by atoms with van der Waals surface area (Å²) in [5, 5.41) is 13.6. The van der Waals surface area contributed by atoms with Crippen LogP contribution in [0.4, 0.5) is 5.69 Å². The van der Waals surface area contributed by atoms with Crippen LogP contribution in [0.3, 0.4) is 0 Å². The van der Waals surface area contributed by atoms with Crippen LogP contribution in [-0.4, -0.2) is 44.8 Å². The number of carbonyl (C=O) groups excluding carboxylic acids is 2. The van der Waals surface area contributed by atoms with Crippen LogP contribution in [-0.2, 0) is 11.3 Å². The Bertz CT molecular complexity index is 605. The summed E-state index contributed by atoms with van der Waals surface area (Å²) in [6.45, 7) is 6.31. The maximum Gasteiger partial charge on any atom is 0.287 e. The molecule has 0 aliphatic carbocycles. The first-order chi connectivity index (χ1) is 9.78. The fourth-order valence-electron chi connectivity index (χ4n) is 2.43. The zero-order chi connectivity index (χ0) is 15.8. The van der Waals surface area contributed by atoms with Gasteiger partial charge in [-0.05, 0) is 20.8 Å². The van der Waals surface area contributed by atoms with Crippen molar-refractivity contribution in [1.82, 2.24) is 14.8 Å². The van der Waals surface area contributed by atoms with Gasteiger partial charge in [0.1, 0.15) is 11.2 Å². The van der Waals surface area contributed by atoms with Crippen molar-refractivity contribution in [2.75, 3.05) is 13.1 Å². The average Bonchev–Trinajstić information content (AvgIpc) is 2.85. The first-order valence-corrected chi connectivity index (χ1v) is 6.74. The van der Waals surface area contributed by atoms with Crippen molar-refractivity contribution >= 4 is 17.5 Å². The molecule has 2 rings (SSSR count). The van der Waals surface area contributed by atoms with Crippen molar-refractivity contribution in [3.63, 3.8) is 0 Å². The molecule has 8 nitrogen and oxygen atoms in total. The van der Waals surface area contributed by atoms with Gasteiger partial charge in [-0.15, -0.1) is 0 Å². The van der Waals surface area contributed by atoms with E-state index < -0.39 is 10.5 Å². The smallest absolute Gasteiger partial charge is 0.287 e. The second kappa shape index (κ2) is 5.19. The number of nitro groups is 1. The minimum atomic E-state index is -0.979. The Morgan fingerprint density at radius 3 is 2.76 bits per heavy atom. The lowest BCUT2D eigenvalue weighted by Gasteiger charge is -2.41. The standard InChI is InChI=1S/C13H18N4O4/c1-4-15-8-9(17(20)21)7-10(15)11(18)16-6-5-14-12(19)13(16,2)3/h7-8H,4-6H2,1-3H3,(H,14,19). The Kier molecular flexibility index (Phi) is 3.71. The number of piperazine rings is 1. The van der Waals surface area contributed by atoms with E-state index in [1.54, 1.807) is 20.8 Å². The molecule has 1 aromatic heterocycles. The van der Waals surface area contributed by atoms with Gasteiger partial charge in [0.2, 0.25) is 5.91 Å². The molecule has 2 heterocycles. The van der Waals surface area contributed by atoms with E-state index in [0.29, 0.717) is 19.6 Å². The molecule has 1 saturated heterocycles. The highest BCUT2D eigenvalue weighted by Gasteiger charge is 2.41. The minimum absolute atomic E-state index is 0.125. The third-order valence-electron chi connectivity index (χ3n) is 3.75. The summed E-state index contributed by atoms with van der Waals surface area (Å²) in [6, 6.07) is 1.26. The maximum absolute atomic E-state index is 12.7. The molecule has 0 aromatic carbocycles. The number of hydrogen-bond acceptors (Lipinski definition) is 4. The number of carbonyl (C=O) groups is 2. The van der Waals surface area contributed by atoms with E-state index in [2.05, 4.69) is 5.32 Å². The van der Waals surface area contributed by atoms with Gasteiger partial charge in [-0.1, -0.05) is 0 Å². The lowest BCUT2D eigenvalue weighted by molar-refractivity contribution is -0.384. The molecule has 21 heavy (non-hydrogen) atoms. The van der Waals surface area contributed by atoms with Gasteiger partial charge in [-0.25, -0.2) is 0 Å². The highest BCUT2D eigenvalue weighted by molar-refractivity contribution is 5.99. The van der Waals surface area contributed by atoms with Gasteiger partial charge in [-0.2, -0.15) is 0 Å². The van der Waals surface area contributed by atoms with Crippen molar-refractivity contribution in [1.29, 1.82) is 0 Å². The summed E-state index contributed by atoms with van der Waals surface area (Å²) < 4.78 is 1.53. The summed E-state index contributed by atoms with van der Waals surface area (Å²) in [6.07, 6.45) is 1.34. The predicted octanol–water partition coefficient (Wildman–Crippen LogP) is 0.767. The van der Waals surface area contributed by atoms with Crippen LogP contribution in [0.1, 0.15) is 31.3 Å². The monoisotopic (exact) mass is 294 g/mol. The van der Waals surface area contributed by atoms with E-state index in [-0.39, 0.29) is 23.2 Å². The topological polar surface area (TPSA) is 97.5 Å². The van der Waals surface area contributed by atoms with Crippen LogP contribution >= 0.6 is 0 Å². The van der Waals surface area contributed by atoms with E-state index in [1.807, 2.05) is 0 Å². The predicted molar refractivity (Wildman–Crippen MR) is 74.9 cm³/mol. The quantitative estimate of drug-likeness (QED) is 0.657. The Morgan fingerprint density at radius 1 is 1.52 bits per heavy atom. The molecule has 1 aliphatic rings. The van der Waals surface area contributed by atoms with Crippen LogP contribution in [0.2, 0.25) is 0 Å². The SMILES string of the molecule is CCn1cc([N+](=O)[O-])cc1C(=O)N1CCNC(=O)C1(C)C. The molecule has 1 fully saturated rings. The minimum Gasteiger partial charge on any atom is -0.352 e. The van der Waals surface area contributed by atoms with Gasteiger partial charge in [0, 0.05) is 25.7 Å². The second-order valence-corrected chi connectivity index (χ2v) is 5.40. The molecule has 0 atom stereocenters. The number of aryl methyl sites for hydroxylation is 1. The lowest BCUT2D eigenvalue weighted by Crippen LogP contribution is -2.63. The molecule has 1 aliphatic heterocycles. The Balaban J connectivity index is 2.39. The van der Waals surface area contributed by atoms with E-state index >= 15 is 0 Å². The summed E-state index contributed by atoms with van der Waals surface area (Å²) in [7, 11) is 0. The van der Waals surface area contributed by atoms with Gasteiger partial charge in [0.05, 0.1) is 11.1 Å². The third kappa shape index (κ3) is 2.48. The van der Waals surface area contributed by atoms with Gasteiger partial charge in [0.25, 0.3) is 11.6 Å². The highest BCUT2D eigenvalue weighted by atomic mass is 16.6.